The van der Waals surface area contributed by atoms with Gasteiger partial charge in [0.1, 0.15) is 5.82 Å². The third-order valence-corrected chi connectivity index (χ3v) is 4.01. The van der Waals surface area contributed by atoms with E-state index in [2.05, 4.69) is 5.10 Å². The summed E-state index contributed by atoms with van der Waals surface area (Å²) in [6, 6.07) is 12.8. The zero-order valence-electron chi connectivity index (χ0n) is 10.8. The summed E-state index contributed by atoms with van der Waals surface area (Å²) in [5.74, 6) is -0.788. The molecule has 7 heteroatoms. The van der Waals surface area contributed by atoms with Crippen LogP contribution in [0.2, 0.25) is 5.02 Å². The molecule has 0 amide bonds. The molecule has 21 heavy (non-hydrogen) atoms. The van der Waals surface area contributed by atoms with Crippen LogP contribution in [0.5, 0.6) is 0 Å². The van der Waals surface area contributed by atoms with Gasteiger partial charge in [0.25, 0.3) is 10.0 Å². The van der Waals surface area contributed by atoms with E-state index in [0.29, 0.717) is 5.56 Å². The Morgan fingerprint density at radius 1 is 1.14 bits per heavy atom. The molecule has 2 aromatic rings. The van der Waals surface area contributed by atoms with Crippen molar-refractivity contribution in [1.82, 2.24) is 4.83 Å². The highest BCUT2D eigenvalue weighted by molar-refractivity contribution is 7.88. The number of benzene rings is 2. The predicted octanol–water partition coefficient (Wildman–Crippen LogP) is 2.93. The topological polar surface area (TPSA) is 58.5 Å². The average Bonchev–Trinajstić information content (AvgIpc) is 2.42. The first-order chi connectivity index (χ1) is 9.98. The summed E-state index contributed by atoms with van der Waals surface area (Å²) in [4.78, 5) is 2.03. The fourth-order valence-corrected chi connectivity index (χ4v) is 2.75. The first kappa shape index (κ1) is 15.5. The van der Waals surface area contributed by atoms with Crippen LogP contribution in [-0.4, -0.2) is 14.6 Å². The second kappa shape index (κ2) is 6.69. The molecule has 0 heterocycles. The molecule has 2 rings (SSSR count). The molecule has 110 valence electrons. The van der Waals surface area contributed by atoms with Crippen LogP contribution in [0.4, 0.5) is 4.39 Å². The van der Waals surface area contributed by atoms with E-state index in [1.54, 1.807) is 30.3 Å². The minimum atomic E-state index is -3.64. The molecule has 0 aliphatic rings. The van der Waals surface area contributed by atoms with E-state index < -0.39 is 15.8 Å². The number of hydrogen-bond donors (Lipinski definition) is 1. The lowest BCUT2D eigenvalue weighted by Crippen LogP contribution is -2.20. The van der Waals surface area contributed by atoms with Crippen molar-refractivity contribution in [2.75, 3.05) is 0 Å². The Morgan fingerprint density at radius 2 is 1.86 bits per heavy atom. The average molecular weight is 327 g/mol. The number of rotatable bonds is 5. The maximum absolute atomic E-state index is 13.5. The largest absolute Gasteiger partial charge is 0.251 e. The lowest BCUT2D eigenvalue weighted by molar-refractivity contribution is 0.583. The molecule has 0 atom stereocenters. The number of nitrogens with one attached hydrogen (secondary N) is 1. The Bertz CT molecular complexity index is 729. The SMILES string of the molecule is O=S(=O)(Cc1ccccc1)N/N=C/c1c(F)cccc1Cl. The molecule has 0 bridgehead atoms. The third kappa shape index (κ3) is 4.54. The Labute approximate surface area is 127 Å². The highest BCUT2D eigenvalue weighted by Gasteiger charge is 2.10. The summed E-state index contributed by atoms with van der Waals surface area (Å²) in [5, 5.41) is 3.70. The fraction of sp³-hybridized carbons (Fsp3) is 0.0714. The summed E-state index contributed by atoms with van der Waals surface area (Å²) in [6.45, 7) is 0. The number of sulfonamides is 1. The molecule has 0 aliphatic heterocycles. The summed E-state index contributed by atoms with van der Waals surface area (Å²) < 4.78 is 37.1. The van der Waals surface area contributed by atoms with Crippen LogP contribution in [0, 0.1) is 5.82 Å². The first-order valence-electron chi connectivity index (χ1n) is 5.98. The van der Waals surface area contributed by atoms with Crippen molar-refractivity contribution in [2.45, 2.75) is 5.75 Å². The fourth-order valence-electron chi connectivity index (χ4n) is 1.63. The minimum absolute atomic E-state index is 0.0292. The van der Waals surface area contributed by atoms with Gasteiger partial charge in [-0.15, -0.1) is 0 Å². The normalized spacial score (nSPS) is 11.7. The van der Waals surface area contributed by atoms with Crippen molar-refractivity contribution in [3.05, 3.63) is 70.5 Å². The van der Waals surface area contributed by atoms with Gasteiger partial charge < -0.3 is 0 Å². The number of nitrogens with zero attached hydrogens (tertiary/aromatic N) is 1. The highest BCUT2D eigenvalue weighted by atomic mass is 35.5. The standard InChI is InChI=1S/C14H12ClFN2O2S/c15-13-7-4-8-14(16)12(13)9-17-18-21(19,20)10-11-5-2-1-3-6-11/h1-9,18H,10H2/b17-9+. The van der Waals surface area contributed by atoms with Gasteiger partial charge in [0, 0.05) is 5.56 Å². The van der Waals surface area contributed by atoms with Crippen LogP contribution >= 0.6 is 11.6 Å². The summed E-state index contributed by atoms with van der Waals surface area (Å²) >= 11 is 5.80. The van der Waals surface area contributed by atoms with Crippen LogP contribution in [0.1, 0.15) is 11.1 Å². The molecule has 0 saturated heterocycles. The van der Waals surface area contributed by atoms with E-state index in [1.807, 2.05) is 4.83 Å². The minimum Gasteiger partial charge on any atom is -0.206 e. The van der Waals surface area contributed by atoms with Crippen LogP contribution in [0.25, 0.3) is 0 Å². The summed E-state index contributed by atoms with van der Waals surface area (Å²) in [6.07, 6.45) is 1.04. The molecular formula is C14H12ClFN2O2S. The summed E-state index contributed by atoms with van der Waals surface area (Å²) in [5.41, 5.74) is 0.658. The monoisotopic (exact) mass is 326 g/mol. The van der Waals surface area contributed by atoms with E-state index in [0.717, 1.165) is 6.21 Å². The quantitative estimate of drug-likeness (QED) is 0.678. The second-order valence-electron chi connectivity index (χ2n) is 4.23. The first-order valence-corrected chi connectivity index (χ1v) is 8.01. The van der Waals surface area contributed by atoms with E-state index in [1.165, 1.54) is 18.2 Å². The molecule has 1 N–H and O–H groups in total. The van der Waals surface area contributed by atoms with E-state index in [9.17, 15) is 12.8 Å². The van der Waals surface area contributed by atoms with Crippen LogP contribution in [0.15, 0.2) is 53.6 Å². The van der Waals surface area contributed by atoms with Gasteiger partial charge in [-0.05, 0) is 17.7 Å². The van der Waals surface area contributed by atoms with Gasteiger partial charge in [0.05, 0.1) is 17.0 Å². The van der Waals surface area contributed by atoms with Gasteiger partial charge >= 0.3 is 0 Å². The van der Waals surface area contributed by atoms with Crippen LogP contribution in [-0.2, 0) is 15.8 Å². The molecule has 2 aromatic carbocycles. The van der Waals surface area contributed by atoms with Crippen molar-refractivity contribution in [3.63, 3.8) is 0 Å². The number of halogens is 2. The predicted molar refractivity (Wildman–Crippen MR) is 81.2 cm³/mol. The molecule has 0 aromatic heterocycles. The molecule has 0 unspecified atom stereocenters. The van der Waals surface area contributed by atoms with Crippen molar-refractivity contribution in [2.24, 2.45) is 5.10 Å². The highest BCUT2D eigenvalue weighted by Crippen LogP contribution is 2.16. The Hall–Kier alpha value is -1.92. The Morgan fingerprint density at radius 3 is 2.52 bits per heavy atom. The molecule has 0 aliphatic carbocycles. The van der Waals surface area contributed by atoms with E-state index in [-0.39, 0.29) is 16.3 Å². The van der Waals surface area contributed by atoms with Crippen molar-refractivity contribution >= 4 is 27.8 Å². The molecule has 0 radical (unpaired) electrons. The van der Waals surface area contributed by atoms with E-state index in [4.69, 9.17) is 11.6 Å². The van der Waals surface area contributed by atoms with Gasteiger partial charge in [-0.25, -0.2) is 17.6 Å². The molecule has 0 saturated carbocycles. The molecule has 4 nitrogen and oxygen atoms in total. The van der Waals surface area contributed by atoms with Gasteiger partial charge in [-0.3, -0.25) is 0 Å². The zero-order valence-corrected chi connectivity index (χ0v) is 12.4. The number of hydrazone groups is 1. The molecule has 0 fully saturated rings. The Kier molecular flexibility index (Phi) is 4.93. The van der Waals surface area contributed by atoms with Crippen molar-refractivity contribution in [3.8, 4) is 0 Å². The molecule has 0 spiro atoms. The maximum Gasteiger partial charge on any atom is 0.251 e. The van der Waals surface area contributed by atoms with Crippen LogP contribution < -0.4 is 4.83 Å². The number of hydrogen-bond acceptors (Lipinski definition) is 3. The van der Waals surface area contributed by atoms with Gasteiger partial charge in [-0.2, -0.15) is 5.10 Å². The Balaban J connectivity index is 2.06. The van der Waals surface area contributed by atoms with Gasteiger partial charge in [0.15, 0.2) is 0 Å². The lowest BCUT2D eigenvalue weighted by Gasteiger charge is -2.04. The third-order valence-electron chi connectivity index (χ3n) is 2.58. The smallest absolute Gasteiger partial charge is 0.206 e. The maximum atomic E-state index is 13.5. The van der Waals surface area contributed by atoms with E-state index >= 15 is 0 Å². The lowest BCUT2D eigenvalue weighted by atomic mass is 10.2. The van der Waals surface area contributed by atoms with Gasteiger partial charge in [0.2, 0.25) is 0 Å². The van der Waals surface area contributed by atoms with Gasteiger partial charge in [-0.1, -0.05) is 48.0 Å². The zero-order chi connectivity index (χ0) is 15.3. The molecular weight excluding hydrogens is 315 g/mol. The second-order valence-corrected chi connectivity index (χ2v) is 6.34. The van der Waals surface area contributed by atoms with Crippen LogP contribution in [0.3, 0.4) is 0 Å². The van der Waals surface area contributed by atoms with Crippen molar-refractivity contribution in [1.29, 1.82) is 0 Å². The van der Waals surface area contributed by atoms with Crippen molar-refractivity contribution < 1.29 is 12.8 Å². The summed E-state index contributed by atoms with van der Waals surface area (Å²) in [7, 11) is -3.64.